The van der Waals surface area contributed by atoms with Crippen LogP contribution in [0.1, 0.15) is 31.3 Å². The van der Waals surface area contributed by atoms with Crippen molar-refractivity contribution in [3.63, 3.8) is 0 Å². The minimum atomic E-state index is -0.0231. The molecule has 72 valence electrons. The van der Waals surface area contributed by atoms with Crippen molar-refractivity contribution in [3.8, 4) is 0 Å². The van der Waals surface area contributed by atoms with Crippen LogP contribution < -0.4 is 11.3 Å². The number of hydrogen-bond acceptors (Lipinski definition) is 3. The van der Waals surface area contributed by atoms with Crippen molar-refractivity contribution < 1.29 is 0 Å². The average molecular weight is 181 g/mol. The van der Waals surface area contributed by atoms with E-state index in [-0.39, 0.29) is 18.1 Å². The minimum Gasteiger partial charge on any atom is -0.326 e. The van der Waals surface area contributed by atoms with E-state index in [1.54, 1.807) is 10.8 Å². The van der Waals surface area contributed by atoms with Gasteiger partial charge in [-0.1, -0.05) is 0 Å². The monoisotopic (exact) mass is 181 g/mol. The lowest BCUT2D eigenvalue weighted by atomic mass is 10.3. The maximum absolute atomic E-state index is 11.7. The summed E-state index contributed by atoms with van der Waals surface area (Å²) in [5, 5.41) is 0. The van der Waals surface area contributed by atoms with Gasteiger partial charge < -0.3 is 5.73 Å². The second-order valence-electron chi connectivity index (χ2n) is 3.30. The first-order valence-corrected chi connectivity index (χ1v) is 4.35. The molecule has 13 heavy (non-hydrogen) atoms. The van der Waals surface area contributed by atoms with Crippen molar-refractivity contribution in [2.24, 2.45) is 5.73 Å². The van der Waals surface area contributed by atoms with Crippen LogP contribution in [0.4, 0.5) is 0 Å². The molecule has 4 nitrogen and oxygen atoms in total. The van der Waals surface area contributed by atoms with E-state index in [0.717, 1.165) is 5.82 Å². The van der Waals surface area contributed by atoms with Gasteiger partial charge in [0.15, 0.2) is 0 Å². The number of hydrogen-bond donors (Lipinski definition) is 1. The van der Waals surface area contributed by atoms with Gasteiger partial charge in [0.25, 0.3) is 5.56 Å². The molecule has 0 fully saturated rings. The molecule has 0 spiro atoms. The van der Waals surface area contributed by atoms with Crippen LogP contribution in [-0.2, 0) is 6.54 Å². The second-order valence-corrected chi connectivity index (χ2v) is 3.30. The summed E-state index contributed by atoms with van der Waals surface area (Å²) in [6.45, 7) is 5.98. The van der Waals surface area contributed by atoms with Crippen LogP contribution in [0.15, 0.2) is 11.0 Å². The maximum atomic E-state index is 11.7. The third kappa shape index (κ3) is 1.78. The van der Waals surface area contributed by atoms with Gasteiger partial charge in [0.2, 0.25) is 0 Å². The summed E-state index contributed by atoms with van der Waals surface area (Å²) in [5.41, 5.74) is 5.96. The van der Waals surface area contributed by atoms with Gasteiger partial charge in [0.1, 0.15) is 5.82 Å². The van der Waals surface area contributed by atoms with Crippen molar-refractivity contribution in [1.29, 1.82) is 0 Å². The first-order valence-electron chi connectivity index (χ1n) is 4.35. The molecule has 1 rings (SSSR count). The summed E-state index contributed by atoms with van der Waals surface area (Å²) in [7, 11) is 0. The molecular weight excluding hydrogens is 166 g/mol. The van der Waals surface area contributed by atoms with Gasteiger partial charge >= 0.3 is 0 Å². The maximum Gasteiger partial charge on any atom is 0.258 e. The van der Waals surface area contributed by atoms with Crippen molar-refractivity contribution in [3.05, 3.63) is 27.9 Å². The van der Waals surface area contributed by atoms with Crippen LogP contribution in [0, 0.1) is 6.92 Å². The fourth-order valence-electron chi connectivity index (χ4n) is 1.34. The molecule has 0 bridgehead atoms. The molecule has 1 aromatic rings. The van der Waals surface area contributed by atoms with Crippen LogP contribution in [0.5, 0.6) is 0 Å². The fraction of sp³-hybridized carbons (Fsp3) is 0.556. The molecular formula is C9H15N3O. The van der Waals surface area contributed by atoms with Gasteiger partial charge in [-0.3, -0.25) is 9.36 Å². The first-order chi connectivity index (χ1) is 6.07. The van der Waals surface area contributed by atoms with E-state index in [1.165, 1.54) is 0 Å². The highest BCUT2D eigenvalue weighted by molar-refractivity contribution is 5.07. The van der Waals surface area contributed by atoms with Gasteiger partial charge in [-0.15, -0.1) is 0 Å². The number of aryl methyl sites for hydroxylation is 1. The average Bonchev–Trinajstić information content (AvgIpc) is 2.04. The highest BCUT2D eigenvalue weighted by Gasteiger charge is 2.08. The molecule has 4 heteroatoms. The highest BCUT2D eigenvalue weighted by Crippen LogP contribution is 2.03. The van der Waals surface area contributed by atoms with E-state index >= 15 is 0 Å². The van der Waals surface area contributed by atoms with Crippen LogP contribution in [0.2, 0.25) is 0 Å². The van der Waals surface area contributed by atoms with Gasteiger partial charge in [0, 0.05) is 24.3 Å². The summed E-state index contributed by atoms with van der Waals surface area (Å²) in [5.74, 6) is 0.734. The normalized spacial score (nSPS) is 10.8. The van der Waals surface area contributed by atoms with Crippen molar-refractivity contribution >= 4 is 0 Å². The number of nitrogens with two attached hydrogens (primary N) is 1. The molecule has 0 aliphatic heterocycles. The molecule has 0 amide bonds. The molecule has 2 N–H and O–H groups in total. The van der Waals surface area contributed by atoms with Crippen LogP contribution in [0.3, 0.4) is 0 Å². The minimum absolute atomic E-state index is 0.0231. The predicted molar refractivity (Wildman–Crippen MR) is 51.5 cm³/mol. The zero-order valence-electron chi connectivity index (χ0n) is 8.24. The van der Waals surface area contributed by atoms with Gasteiger partial charge in [-0.05, 0) is 20.8 Å². The SMILES string of the molecule is Cc1ncc(CN)c(=O)n1C(C)C. The van der Waals surface area contributed by atoms with E-state index in [2.05, 4.69) is 4.98 Å². The number of rotatable bonds is 2. The van der Waals surface area contributed by atoms with Crippen molar-refractivity contribution in [1.82, 2.24) is 9.55 Å². The zero-order valence-corrected chi connectivity index (χ0v) is 8.24. The first kappa shape index (κ1) is 9.92. The Morgan fingerprint density at radius 1 is 1.62 bits per heavy atom. The Hall–Kier alpha value is -1.16. The quantitative estimate of drug-likeness (QED) is 0.726. The number of aromatic nitrogens is 2. The lowest BCUT2D eigenvalue weighted by molar-refractivity contribution is 0.543. The lowest BCUT2D eigenvalue weighted by Crippen LogP contribution is -2.29. The van der Waals surface area contributed by atoms with Gasteiger partial charge in [0.05, 0.1) is 0 Å². The molecule has 0 atom stereocenters. The van der Waals surface area contributed by atoms with E-state index in [4.69, 9.17) is 5.73 Å². The Bertz CT molecular complexity index is 354. The molecule has 1 aromatic heterocycles. The van der Waals surface area contributed by atoms with E-state index in [0.29, 0.717) is 5.56 Å². The molecule has 0 aliphatic carbocycles. The summed E-state index contributed by atoms with van der Waals surface area (Å²) in [4.78, 5) is 15.8. The predicted octanol–water partition coefficient (Wildman–Crippen LogP) is 0.591. The van der Waals surface area contributed by atoms with E-state index < -0.39 is 0 Å². The third-order valence-electron chi connectivity index (χ3n) is 1.99. The smallest absolute Gasteiger partial charge is 0.258 e. The Labute approximate surface area is 77.4 Å². The highest BCUT2D eigenvalue weighted by atomic mass is 16.1. The van der Waals surface area contributed by atoms with Crippen molar-refractivity contribution in [2.75, 3.05) is 0 Å². The summed E-state index contributed by atoms with van der Waals surface area (Å²) in [6, 6.07) is 0.131. The van der Waals surface area contributed by atoms with Gasteiger partial charge in [-0.25, -0.2) is 4.98 Å². The molecule has 0 aromatic carbocycles. The standard InChI is InChI=1S/C9H15N3O/c1-6(2)12-7(3)11-5-8(4-10)9(12)13/h5-6H,4,10H2,1-3H3. The molecule has 0 aliphatic rings. The molecule has 1 heterocycles. The summed E-state index contributed by atoms with van der Waals surface area (Å²) in [6.07, 6.45) is 1.55. The summed E-state index contributed by atoms with van der Waals surface area (Å²) < 4.78 is 1.65. The van der Waals surface area contributed by atoms with Crippen LogP contribution >= 0.6 is 0 Å². The topological polar surface area (TPSA) is 60.9 Å². The third-order valence-corrected chi connectivity index (χ3v) is 1.99. The number of nitrogens with zero attached hydrogens (tertiary/aromatic N) is 2. The second kappa shape index (κ2) is 3.70. The largest absolute Gasteiger partial charge is 0.326 e. The fourth-order valence-corrected chi connectivity index (χ4v) is 1.34. The zero-order chi connectivity index (χ0) is 10.0. The van der Waals surface area contributed by atoms with Crippen molar-refractivity contribution in [2.45, 2.75) is 33.4 Å². The lowest BCUT2D eigenvalue weighted by Gasteiger charge is -2.13. The van der Waals surface area contributed by atoms with Crippen LogP contribution in [-0.4, -0.2) is 9.55 Å². The Kier molecular flexibility index (Phi) is 2.83. The Morgan fingerprint density at radius 3 is 2.69 bits per heavy atom. The summed E-state index contributed by atoms with van der Waals surface area (Å²) >= 11 is 0. The molecule has 0 saturated heterocycles. The molecule has 0 radical (unpaired) electrons. The Balaban J connectivity index is 3.39. The Morgan fingerprint density at radius 2 is 2.23 bits per heavy atom. The van der Waals surface area contributed by atoms with E-state index in [9.17, 15) is 4.79 Å². The molecule has 0 unspecified atom stereocenters. The van der Waals surface area contributed by atoms with Gasteiger partial charge in [-0.2, -0.15) is 0 Å². The molecule has 0 saturated carbocycles. The van der Waals surface area contributed by atoms with E-state index in [1.807, 2.05) is 20.8 Å². The van der Waals surface area contributed by atoms with Crippen LogP contribution in [0.25, 0.3) is 0 Å².